The molecule has 0 aliphatic heterocycles. The Bertz CT molecular complexity index is 1450. The average Bonchev–Trinajstić information content (AvgIpc) is 3.49. The molecule has 0 atom stereocenters. The fraction of sp³-hybridized carbons (Fsp3) is 0.0714. The van der Waals surface area contributed by atoms with Gasteiger partial charge in [-0.3, -0.25) is 9.59 Å². The molecule has 4 rings (SSSR count). The van der Waals surface area contributed by atoms with E-state index in [4.69, 9.17) is 8.83 Å². The van der Waals surface area contributed by atoms with Crippen molar-refractivity contribution >= 4 is 46.7 Å². The SMILES string of the molecule is Cc1ccc(/C=C/C(=O)Nc2ccc(N=Nc3ccccc3)c(NC(=O)/C=C/c3ccc(C)o3)c2)o1. The topological polar surface area (TPSA) is 109 Å². The lowest BCUT2D eigenvalue weighted by molar-refractivity contribution is -0.112. The van der Waals surface area contributed by atoms with Gasteiger partial charge in [0, 0.05) is 17.8 Å². The van der Waals surface area contributed by atoms with Crippen molar-refractivity contribution in [2.75, 3.05) is 10.6 Å². The number of carbonyl (C=O) groups is 2. The maximum atomic E-state index is 12.6. The summed E-state index contributed by atoms with van der Waals surface area (Å²) in [6.45, 7) is 3.65. The number of amides is 2. The zero-order valence-electron chi connectivity index (χ0n) is 19.8. The van der Waals surface area contributed by atoms with E-state index >= 15 is 0 Å². The number of hydrogen-bond donors (Lipinski definition) is 2. The summed E-state index contributed by atoms with van der Waals surface area (Å²) >= 11 is 0. The molecule has 2 N–H and O–H groups in total. The lowest BCUT2D eigenvalue weighted by Gasteiger charge is -2.09. The van der Waals surface area contributed by atoms with Gasteiger partial charge in [0.2, 0.25) is 11.8 Å². The second-order valence-corrected chi connectivity index (χ2v) is 7.81. The third kappa shape index (κ3) is 7.01. The van der Waals surface area contributed by atoms with Gasteiger partial charge < -0.3 is 19.5 Å². The summed E-state index contributed by atoms with van der Waals surface area (Å²) in [5.74, 6) is 1.90. The van der Waals surface area contributed by atoms with E-state index in [0.29, 0.717) is 34.3 Å². The summed E-state index contributed by atoms with van der Waals surface area (Å²) in [6.07, 6.45) is 5.87. The van der Waals surface area contributed by atoms with Gasteiger partial charge in [0.1, 0.15) is 28.7 Å². The van der Waals surface area contributed by atoms with Crippen LogP contribution in [0.2, 0.25) is 0 Å². The van der Waals surface area contributed by atoms with E-state index in [1.807, 2.05) is 56.3 Å². The summed E-state index contributed by atoms with van der Waals surface area (Å²) in [5.41, 5.74) is 1.94. The van der Waals surface area contributed by atoms with Gasteiger partial charge in [0.25, 0.3) is 0 Å². The van der Waals surface area contributed by atoms with Crippen LogP contribution in [-0.4, -0.2) is 11.8 Å². The van der Waals surface area contributed by atoms with Crippen molar-refractivity contribution in [2.45, 2.75) is 13.8 Å². The van der Waals surface area contributed by atoms with Crippen LogP contribution >= 0.6 is 0 Å². The summed E-state index contributed by atoms with van der Waals surface area (Å²) in [5, 5.41) is 14.1. The Kier molecular flexibility index (Phi) is 7.67. The number of nitrogens with one attached hydrogen (secondary N) is 2. The van der Waals surface area contributed by atoms with Crippen LogP contribution in [0.3, 0.4) is 0 Å². The molecule has 8 heteroatoms. The van der Waals surface area contributed by atoms with E-state index in [0.717, 1.165) is 11.5 Å². The monoisotopic (exact) mass is 480 g/mol. The van der Waals surface area contributed by atoms with E-state index < -0.39 is 5.91 Å². The molecule has 2 aromatic carbocycles. The molecule has 4 aromatic rings. The highest BCUT2D eigenvalue weighted by molar-refractivity contribution is 6.05. The minimum Gasteiger partial charge on any atom is -0.462 e. The average molecular weight is 481 g/mol. The van der Waals surface area contributed by atoms with Crippen LogP contribution in [0.4, 0.5) is 22.7 Å². The molecule has 2 heterocycles. The minimum absolute atomic E-state index is 0.354. The van der Waals surface area contributed by atoms with Gasteiger partial charge in [0.05, 0.1) is 11.4 Å². The summed E-state index contributed by atoms with van der Waals surface area (Å²) in [6, 6.07) is 21.4. The Balaban J connectivity index is 1.52. The molecule has 0 aliphatic rings. The second kappa shape index (κ2) is 11.4. The number of anilines is 2. The quantitative estimate of drug-likeness (QED) is 0.205. The van der Waals surface area contributed by atoms with Crippen molar-refractivity contribution in [2.24, 2.45) is 10.2 Å². The normalized spacial score (nSPS) is 11.5. The number of azo groups is 1. The van der Waals surface area contributed by atoms with E-state index in [-0.39, 0.29) is 5.91 Å². The fourth-order valence-corrected chi connectivity index (χ4v) is 3.17. The summed E-state index contributed by atoms with van der Waals surface area (Å²) < 4.78 is 10.9. The van der Waals surface area contributed by atoms with Crippen LogP contribution in [0, 0.1) is 13.8 Å². The van der Waals surface area contributed by atoms with Crippen molar-refractivity contribution < 1.29 is 18.4 Å². The highest BCUT2D eigenvalue weighted by Crippen LogP contribution is 2.30. The summed E-state index contributed by atoms with van der Waals surface area (Å²) in [7, 11) is 0. The molecule has 8 nitrogen and oxygen atoms in total. The highest BCUT2D eigenvalue weighted by atomic mass is 16.3. The molecule has 0 bridgehead atoms. The first-order valence-electron chi connectivity index (χ1n) is 11.2. The largest absolute Gasteiger partial charge is 0.462 e. The molecule has 0 radical (unpaired) electrons. The van der Waals surface area contributed by atoms with Crippen molar-refractivity contribution in [3.8, 4) is 0 Å². The van der Waals surface area contributed by atoms with Gasteiger partial charge in [0.15, 0.2) is 0 Å². The van der Waals surface area contributed by atoms with Gasteiger partial charge in [-0.1, -0.05) is 18.2 Å². The molecule has 0 fully saturated rings. The third-order valence-corrected chi connectivity index (χ3v) is 4.87. The number of nitrogens with zero attached hydrogens (tertiary/aromatic N) is 2. The maximum Gasteiger partial charge on any atom is 0.248 e. The van der Waals surface area contributed by atoms with Gasteiger partial charge in [-0.2, -0.15) is 5.11 Å². The first-order chi connectivity index (χ1) is 17.4. The van der Waals surface area contributed by atoms with Crippen molar-refractivity contribution in [3.63, 3.8) is 0 Å². The number of rotatable bonds is 8. The van der Waals surface area contributed by atoms with Crippen LogP contribution in [0.1, 0.15) is 23.0 Å². The molecule has 0 aliphatic carbocycles. The first kappa shape index (κ1) is 24.2. The molecule has 0 spiro atoms. The molecule has 0 saturated carbocycles. The highest BCUT2D eigenvalue weighted by Gasteiger charge is 2.09. The van der Waals surface area contributed by atoms with Gasteiger partial charge in [-0.15, -0.1) is 5.11 Å². The Morgan fingerprint density at radius 1 is 0.722 bits per heavy atom. The minimum atomic E-state index is -0.392. The van der Waals surface area contributed by atoms with Crippen LogP contribution in [0.5, 0.6) is 0 Å². The lowest BCUT2D eigenvalue weighted by Crippen LogP contribution is -2.10. The Morgan fingerprint density at radius 2 is 1.33 bits per heavy atom. The smallest absolute Gasteiger partial charge is 0.248 e. The predicted molar refractivity (Wildman–Crippen MR) is 139 cm³/mol. The van der Waals surface area contributed by atoms with Crippen molar-refractivity contribution in [1.29, 1.82) is 0 Å². The Morgan fingerprint density at radius 3 is 1.92 bits per heavy atom. The number of aryl methyl sites for hydroxylation is 2. The van der Waals surface area contributed by atoms with Gasteiger partial charge in [-0.05, 0) is 80.6 Å². The van der Waals surface area contributed by atoms with Crippen LogP contribution in [0.25, 0.3) is 12.2 Å². The predicted octanol–water partition coefficient (Wildman–Crippen LogP) is 7.21. The van der Waals surface area contributed by atoms with E-state index in [1.165, 1.54) is 12.2 Å². The lowest BCUT2D eigenvalue weighted by atomic mass is 10.2. The number of carbonyl (C=O) groups excluding carboxylic acids is 2. The molecule has 0 unspecified atom stereocenters. The molecule has 2 aromatic heterocycles. The van der Waals surface area contributed by atoms with Crippen LogP contribution in [0.15, 0.2) is 104 Å². The third-order valence-electron chi connectivity index (χ3n) is 4.87. The van der Waals surface area contributed by atoms with Gasteiger partial charge >= 0.3 is 0 Å². The number of hydrogen-bond acceptors (Lipinski definition) is 6. The Labute approximate surface area is 208 Å². The molecule has 2 amide bonds. The van der Waals surface area contributed by atoms with Crippen molar-refractivity contribution in [3.05, 3.63) is 108 Å². The summed E-state index contributed by atoms with van der Waals surface area (Å²) in [4.78, 5) is 25.0. The zero-order chi connectivity index (χ0) is 25.3. The van der Waals surface area contributed by atoms with Crippen LogP contribution in [-0.2, 0) is 9.59 Å². The molecule has 36 heavy (non-hydrogen) atoms. The maximum absolute atomic E-state index is 12.6. The van der Waals surface area contributed by atoms with E-state index in [1.54, 1.807) is 42.5 Å². The number of benzene rings is 2. The molecular weight excluding hydrogens is 456 g/mol. The van der Waals surface area contributed by atoms with Gasteiger partial charge in [-0.25, -0.2) is 0 Å². The number of furan rings is 2. The first-order valence-corrected chi connectivity index (χ1v) is 11.2. The molecule has 0 saturated heterocycles. The fourth-order valence-electron chi connectivity index (χ4n) is 3.17. The van der Waals surface area contributed by atoms with Crippen molar-refractivity contribution in [1.82, 2.24) is 0 Å². The molecular formula is C28H24N4O4. The second-order valence-electron chi connectivity index (χ2n) is 7.81. The van der Waals surface area contributed by atoms with E-state index in [9.17, 15) is 9.59 Å². The van der Waals surface area contributed by atoms with Crippen LogP contribution < -0.4 is 10.6 Å². The standard InChI is InChI=1S/C28H24N4O4/c1-19-8-11-23(35-19)13-16-27(33)29-22-10-15-25(32-31-21-6-4-3-5-7-21)26(18-22)30-28(34)17-14-24-12-9-20(2)36-24/h3-18H,1-2H3,(H,29,33)(H,30,34)/b16-13+,17-14+,32-31?. The Hall–Kier alpha value is -4.98. The van der Waals surface area contributed by atoms with E-state index in [2.05, 4.69) is 20.9 Å². The molecule has 180 valence electrons. The zero-order valence-corrected chi connectivity index (χ0v) is 19.8.